The molecule has 2 aromatic rings. The van der Waals surface area contributed by atoms with E-state index in [-0.39, 0.29) is 29.0 Å². The number of rotatable bonds is 5. The average molecular weight is 383 g/mol. The summed E-state index contributed by atoms with van der Waals surface area (Å²) in [6, 6.07) is 12.9. The van der Waals surface area contributed by atoms with E-state index >= 15 is 0 Å². The number of anilines is 1. The van der Waals surface area contributed by atoms with Crippen LogP contribution in [0.1, 0.15) is 16.9 Å². The third-order valence-electron chi connectivity index (χ3n) is 3.98. The van der Waals surface area contributed by atoms with E-state index in [4.69, 9.17) is 12.2 Å². The first kappa shape index (κ1) is 18.5. The number of hydrazine groups is 1. The topological polar surface area (TPSA) is 94.6 Å². The van der Waals surface area contributed by atoms with E-state index in [0.29, 0.717) is 5.69 Å². The van der Waals surface area contributed by atoms with Crippen molar-refractivity contribution in [2.75, 3.05) is 12.4 Å². The highest BCUT2D eigenvalue weighted by molar-refractivity contribution is 7.80. The van der Waals surface area contributed by atoms with E-state index in [1.54, 1.807) is 36.4 Å². The monoisotopic (exact) mass is 383 g/mol. The highest BCUT2D eigenvalue weighted by Gasteiger charge is 2.42. The Morgan fingerprint density at radius 3 is 2.52 bits per heavy atom. The number of benzene rings is 1. The molecule has 0 aliphatic carbocycles. The Balaban J connectivity index is 1.73. The number of nitrogens with one attached hydrogen (secondary N) is 2. The molecule has 1 atom stereocenters. The number of nitrogens with zero attached hydrogens (tertiary/aromatic N) is 3. The molecule has 8 nitrogen and oxygen atoms in total. The Morgan fingerprint density at radius 1 is 1.15 bits per heavy atom. The van der Waals surface area contributed by atoms with Gasteiger partial charge in [0.15, 0.2) is 5.11 Å². The molecule has 1 aliphatic heterocycles. The first-order valence-corrected chi connectivity index (χ1v) is 8.56. The lowest BCUT2D eigenvalue weighted by molar-refractivity contribution is -0.130. The fourth-order valence-corrected chi connectivity index (χ4v) is 2.86. The van der Waals surface area contributed by atoms with Crippen molar-refractivity contribution in [2.24, 2.45) is 0 Å². The van der Waals surface area contributed by atoms with Crippen LogP contribution in [-0.2, 0) is 9.59 Å². The van der Waals surface area contributed by atoms with Gasteiger partial charge in [-0.15, -0.1) is 0 Å². The van der Waals surface area contributed by atoms with Gasteiger partial charge in [0.25, 0.3) is 11.8 Å². The summed E-state index contributed by atoms with van der Waals surface area (Å²) in [5, 5.41) is 4.07. The standard InChI is InChI=1S/C18H17N5O3S/c1-22-17(26)14(11-15(24)20-12-7-3-2-4-8-12)23(18(22)27)21-16(25)13-9-5-6-10-19-13/h2-10,14H,11H2,1H3,(H,20,24)(H,21,25). The zero-order chi connectivity index (χ0) is 19.4. The molecular weight excluding hydrogens is 366 g/mol. The maximum Gasteiger partial charge on any atom is 0.288 e. The third-order valence-corrected chi connectivity index (χ3v) is 4.45. The minimum absolute atomic E-state index is 0.113. The molecule has 9 heteroatoms. The van der Waals surface area contributed by atoms with Gasteiger partial charge in [-0.05, 0) is 36.5 Å². The van der Waals surface area contributed by atoms with Gasteiger partial charge in [0.2, 0.25) is 5.91 Å². The second-order valence-electron chi connectivity index (χ2n) is 5.84. The van der Waals surface area contributed by atoms with Crippen LogP contribution in [0.15, 0.2) is 54.7 Å². The van der Waals surface area contributed by atoms with Crippen molar-refractivity contribution < 1.29 is 14.4 Å². The van der Waals surface area contributed by atoms with E-state index in [2.05, 4.69) is 15.7 Å². The van der Waals surface area contributed by atoms with Gasteiger partial charge < -0.3 is 5.32 Å². The minimum atomic E-state index is -0.932. The van der Waals surface area contributed by atoms with Crippen LogP contribution in [0.25, 0.3) is 0 Å². The van der Waals surface area contributed by atoms with E-state index in [9.17, 15) is 14.4 Å². The van der Waals surface area contributed by atoms with E-state index < -0.39 is 11.9 Å². The number of thiocarbonyl (C=S) groups is 1. The second kappa shape index (κ2) is 7.92. The molecule has 0 bridgehead atoms. The zero-order valence-corrected chi connectivity index (χ0v) is 15.3. The number of hydrogen-bond donors (Lipinski definition) is 2. The molecule has 0 radical (unpaired) electrons. The molecule has 1 aliphatic rings. The molecule has 1 aromatic carbocycles. The van der Waals surface area contributed by atoms with Crippen LogP contribution in [0.4, 0.5) is 5.69 Å². The number of carbonyl (C=O) groups excluding carboxylic acids is 3. The molecule has 3 amide bonds. The number of aromatic nitrogens is 1. The minimum Gasteiger partial charge on any atom is -0.326 e. The smallest absolute Gasteiger partial charge is 0.288 e. The molecule has 0 spiro atoms. The van der Waals surface area contributed by atoms with Gasteiger partial charge in [0.05, 0.1) is 6.42 Å². The van der Waals surface area contributed by atoms with Crippen LogP contribution >= 0.6 is 12.2 Å². The summed E-state index contributed by atoms with van der Waals surface area (Å²) in [6.45, 7) is 0. The van der Waals surface area contributed by atoms with Crippen LogP contribution in [0.3, 0.4) is 0 Å². The summed E-state index contributed by atoms with van der Waals surface area (Å²) < 4.78 is 0. The summed E-state index contributed by atoms with van der Waals surface area (Å²) in [5.41, 5.74) is 3.37. The molecule has 3 rings (SSSR count). The number of amides is 3. The third kappa shape index (κ3) is 4.09. The first-order chi connectivity index (χ1) is 13.0. The normalized spacial score (nSPS) is 16.4. The zero-order valence-electron chi connectivity index (χ0n) is 14.5. The molecule has 138 valence electrons. The predicted molar refractivity (Wildman–Crippen MR) is 102 cm³/mol. The predicted octanol–water partition coefficient (Wildman–Crippen LogP) is 1.18. The van der Waals surface area contributed by atoms with Crippen LogP contribution in [-0.4, -0.2) is 50.8 Å². The summed E-state index contributed by atoms with van der Waals surface area (Å²) in [5.74, 6) is -1.26. The van der Waals surface area contributed by atoms with Gasteiger partial charge in [-0.2, -0.15) is 0 Å². The second-order valence-corrected chi connectivity index (χ2v) is 6.21. The van der Waals surface area contributed by atoms with Crippen LogP contribution in [0.2, 0.25) is 0 Å². The maximum absolute atomic E-state index is 12.5. The summed E-state index contributed by atoms with van der Waals surface area (Å²) in [7, 11) is 1.50. The number of carbonyl (C=O) groups is 3. The fraction of sp³-hybridized carbons (Fsp3) is 0.167. The molecule has 1 fully saturated rings. The Kier molecular flexibility index (Phi) is 5.41. The average Bonchev–Trinajstić information content (AvgIpc) is 2.87. The molecule has 2 N–H and O–H groups in total. The van der Waals surface area contributed by atoms with Crippen molar-refractivity contribution in [1.82, 2.24) is 20.3 Å². The highest BCUT2D eigenvalue weighted by atomic mass is 32.1. The Hall–Kier alpha value is -3.33. The van der Waals surface area contributed by atoms with Crippen LogP contribution < -0.4 is 10.7 Å². The number of likely N-dealkylation sites (N-methyl/N-ethyl adjacent to an activating group) is 1. The lowest BCUT2D eigenvalue weighted by Crippen LogP contribution is -2.49. The summed E-state index contributed by atoms with van der Waals surface area (Å²) in [6.07, 6.45) is 1.32. The van der Waals surface area contributed by atoms with E-state index in [1.165, 1.54) is 29.2 Å². The van der Waals surface area contributed by atoms with Crippen LogP contribution in [0, 0.1) is 0 Å². The van der Waals surface area contributed by atoms with Crippen molar-refractivity contribution in [3.05, 3.63) is 60.4 Å². The van der Waals surface area contributed by atoms with Crippen molar-refractivity contribution in [1.29, 1.82) is 0 Å². The number of pyridine rings is 1. The Labute approximate surface area is 161 Å². The van der Waals surface area contributed by atoms with Crippen LogP contribution in [0.5, 0.6) is 0 Å². The van der Waals surface area contributed by atoms with Crippen molar-refractivity contribution in [3.63, 3.8) is 0 Å². The fourth-order valence-electron chi connectivity index (χ4n) is 2.60. The van der Waals surface area contributed by atoms with Crippen molar-refractivity contribution in [3.8, 4) is 0 Å². The van der Waals surface area contributed by atoms with Crippen molar-refractivity contribution in [2.45, 2.75) is 12.5 Å². The van der Waals surface area contributed by atoms with Gasteiger partial charge in [0.1, 0.15) is 11.7 Å². The highest BCUT2D eigenvalue weighted by Crippen LogP contribution is 2.18. The van der Waals surface area contributed by atoms with E-state index in [0.717, 1.165) is 0 Å². The molecule has 27 heavy (non-hydrogen) atoms. The quantitative estimate of drug-likeness (QED) is 0.753. The van der Waals surface area contributed by atoms with Gasteiger partial charge in [-0.25, -0.2) is 5.01 Å². The molecule has 1 saturated heterocycles. The van der Waals surface area contributed by atoms with Crippen molar-refractivity contribution >= 4 is 40.7 Å². The molecular formula is C18H17N5O3S. The van der Waals surface area contributed by atoms with E-state index in [1.807, 2.05) is 6.07 Å². The Bertz CT molecular complexity index is 875. The molecule has 2 heterocycles. The molecule has 0 saturated carbocycles. The molecule has 1 unspecified atom stereocenters. The SMILES string of the molecule is CN1C(=O)C(CC(=O)Nc2ccccc2)N(NC(=O)c2ccccn2)C1=S. The van der Waals surface area contributed by atoms with Gasteiger partial charge in [-0.1, -0.05) is 24.3 Å². The van der Waals surface area contributed by atoms with Gasteiger partial charge >= 0.3 is 0 Å². The number of para-hydroxylation sites is 1. The largest absolute Gasteiger partial charge is 0.326 e. The van der Waals surface area contributed by atoms with Gasteiger partial charge in [-0.3, -0.25) is 29.7 Å². The van der Waals surface area contributed by atoms with Gasteiger partial charge in [0, 0.05) is 18.9 Å². The first-order valence-electron chi connectivity index (χ1n) is 8.15. The lowest BCUT2D eigenvalue weighted by atomic mass is 10.2. The number of hydrogen-bond acceptors (Lipinski definition) is 5. The maximum atomic E-state index is 12.5. The summed E-state index contributed by atoms with van der Waals surface area (Å²) in [4.78, 5) is 42.4. The summed E-state index contributed by atoms with van der Waals surface area (Å²) >= 11 is 5.23. The molecule has 1 aromatic heterocycles. The lowest BCUT2D eigenvalue weighted by Gasteiger charge is -2.23. The Morgan fingerprint density at radius 2 is 1.85 bits per heavy atom.